The van der Waals surface area contributed by atoms with Gasteiger partial charge in [-0.2, -0.15) is 0 Å². The van der Waals surface area contributed by atoms with Crippen LogP contribution in [0, 0.1) is 10.8 Å². The van der Waals surface area contributed by atoms with E-state index in [4.69, 9.17) is 0 Å². The van der Waals surface area contributed by atoms with Crippen LogP contribution in [0.4, 0.5) is 0 Å². The van der Waals surface area contributed by atoms with Gasteiger partial charge in [0.15, 0.2) is 11.6 Å². The van der Waals surface area contributed by atoms with Crippen molar-refractivity contribution in [2.45, 2.75) is 55.4 Å². The first kappa shape index (κ1) is 28.0. The van der Waals surface area contributed by atoms with Crippen molar-refractivity contribution in [2.75, 3.05) is 39.3 Å². The van der Waals surface area contributed by atoms with Gasteiger partial charge in [-0.25, -0.2) is 0 Å². The fourth-order valence-corrected chi connectivity index (χ4v) is 3.68. The van der Waals surface area contributed by atoms with Crippen molar-refractivity contribution >= 4 is 23.7 Å². The molecule has 0 fully saturated rings. The molecule has 0 amide bonds. The fourth-order valence-electron chi connectivity index (χ4n) is 3.68. The lowest BCUT2D eigenvalue weighted by molar-refractivity contribution is -0.123. The predicted octanol–water partition coefficient (Wildman–Crippen LogP) is 5.59. The summed E-state index contributed by atoms with van der Waals surface area (Å²) in [6.07, 6.45) is 7.12. The summed E-state index contributed by atoms with van der Waals surface area (Å²) in [4.78, 5) is 29.9. The first-order valence-corrected chi connectivity index (χ1v) is 12.0. The zero-order valence-electron chi connectivity index (χ0n) is 21.6. The van der Waals surface area contributed by atoms with Gasteiger partial charge in [0, 0.05) is 23.9 Å². The minimum atomic E-state index is -0.413. The molecule has 0 aliphatic carbocycles. The quantitative estimate of drug-likeness (QED) is 0.354. The molecule has 0 aliphatic rings. The number of ketones is 2. The lowest BCUT2D eigenvalue weighted by Gasteiger charge is -2.29. The van der Waals surface area contributed by atoms with Crippen LogP contribution < -0.4 is 0 Å². The van der Waals surface area contributed by atoms with Crippen LogP contribution in [0.2, 0.25) is 0 Å². The van der Waals surface area contributed by atoms with Gasteiger partial charge in [0.25, 0.3) is 0 Å². The van der Waals surface area contributed by atoms with Crippen molar-refractivity contribution in [3.63, 3.8) is 0 Å². The smallest absolute Gasteiger partial charge is 0.162 e. The first-order chi connectivity index (χ1) is 15.0. The average Bonchev–Trinajstić information content (AvgIpc) is 2.78. The standard InChI is InChI=1S/C28H44N2O2/c1-9-29(10-2)21-27(5,6)25(31)19-17-23-13-15-24(16-14-23)18-20-26(32)28(7,8)22-30(11-3)12-4/h13-20H,9-12,21-22H2,1-8H3/b19-17+,20-18+. The summed E-state index contributed by atoms with van der Waals surface area (Å²) >= 11 is 0. The van der Waals surface area contributed by atoms with Gasteiger partial charge in [-0.15, -0.1) is 0 Å². The molecule has 178 valence electrons. The summed E-state index contributed by atoms with van der Waals surface area (Å²) in [5, 5.41) is 0. The van der Waals surface area contributed by atoms with Crippen molar-refractivity contribution in [1.82, 2.24) is 9.80 Å². The van der Waals surface area contributed by atoms with E-state index in [1.165, 1.54) is 0 Å². The van der Waals surface area contributed by atoms with E-state index in [1.807, 2.05) is 64.1 Å². The Kier molecular flexibility index (Phi) is 11.2. The highest BCUT2D eigenvalue weighted by Crippen LogP contribution is 2.21. The number of carbonyl (C=O) groups excluding carboxylic acids is 2. The molecule has 0 saturated carbocycles. The van der Waals surface area contributed by atoms with Crippen molar-refractivity contribution in [2.24, 2.45) is 10.8 Å². The summed E-state index contributed by atoms with van der Waals surface area (Å²) < 4.78 is 0. The van der Waals surface area contributed by atoms with Crippen LogP contribution in [0.5, 0.6) is 0 Å². The number of carbonyl (C=O) groups is 2. The van der Waals surface area contributed by atoms with E-state index in [-0.39, 0.29) is 11.6 Å². The molecule has 0 aromatic heterocycles. The Balaban J connectivity index is 2.76. The second-order valence-corrected chi connectivity index (χ2v) is 9.75. The van der Waals surface area contributed by atoms with Gasteiger partial charge in [-0.05, 0) is 49.5 Å². The van der Waals surface area contributed by atoms with Gasteiger partial charge in [0.2, 0.25) is 0 Å². The number of hydrogen-bond acceptors (Lipinski definition) is 4. The molecule has 0 N–H and O–H groups in total. The minimum Gasteiger partial charge on any atom is -0.303 e. The van der Waals surface area contributed by atoms with E-state index in [1.54, 1.807) is 12.2 Å². The minimum absolute atomic E-state index is 0.134. The Morgan fingerprint density at radius 3 is 1.19 bits per heavy atom. The highest BCUT2D eigenvalue weighted by molar-refractivity contribution is 5.98. The average molecular weight is 441 g/mol. The zero-order chi connectivity index (χ0) is 24.4. The van der Waals surface area contributed by atoms with E-state index >= 15 is 0 Å². The maximum Gasteiger partial charge on any atom is 0.162 e. The Hall–Kier alpha value is -2.04. The molecular weight excluding hydrogens is 396 g/mol. The third kappa shape index (κ3) is 8.84. The van der Waals surface area contributed by atoms with E-state index in [9.17, 15) is 9.59 Å². The lowest BCUT2D eigenvalue weighted by atomic mass is 9.86. The molecule has 0 unspecified atom stereocenters. The zero-order valence-corrected chi connectivity index (χ0v) is 21.6. The molecule has 32 heavy (non-hydrogen) atoms. The summed E-state index contributed by atoms with van der Waals surface area (Å²) in [7, 11) is 0. The molecule has 0 heterocycles. The van der Waals surface area contributed by atoms with Gasteiger partial charge < -0.3 is 9.80 Å². The van der Waals surface area contributed by atoms with Gasteiger partial charge in [0.1, 0.15) is 0 Å². The highest BCUT2D eigenvalue weighted by Gasteiger charge is 2.28. The monoisotopic (exact) mass is 440 g/mol. The van der Waals surface area contributed by atoms with Crippen LogP contribution in [-0.4, -0.2) is 60.6 Å². The van der Waals surface area contributed by atoms with Crippen molar-refractivity contribution in [3.8, 4) is 0 Å². The second-order valence-electron chi connectivity index (χ2n) is 9.75. The molecule has 0 saturated heterocycles. The van der Waals surface area contributed by atoms with Gasteiger partial charge in [0.05, 0.1) is 0 Å². The van der Waals surface area contributed by atoms with Crippen LogP contribution in [0.3, 0.4) is 0 Å². The number of allylic oxidation sites excluding steroid dienone is 2. The van der Waals surface area contributed by atoms with Crippen molar-refractivity contribution < 1.29 is 9.59 Å². The van der Waals surface area contributed by atoms with Crippen molar-refractivity contribution in [3.05, 3.63) is 47.5 Å². The van der Waals surface area contributed by atoms with Crippen LogP contribution in [-0.2, 0) is 9.59 Å². The van der Waals surface area contributed by atoms with Crippen LogP contribution in [0.1, 0.15) is 66.5 Å². The molecule has 4 nitrogen and oxygen atoms in total. The number of rotatable bonds is 14. The summed E-state index contributed by atoms with van der Waals surface area (Å²) in [6.45, 7) is 21.8. The molecular formula is C28H44N2O2. The molecule has 1 aromatic rings. The fraction of sp³-hybridized carbons (Fsp3) is 0.571. The van der Waals surface area contributed by atoms with E-state index in [2.05, 4.69) is 37.5 Å². The van der Waals surface area contributed by atoms with E-state index in [0.717, 1.165) is 50.4 Å². The first-order valence-electron chi connectivity index (χ1n) is 12.0. The molecule has 0 radical (unpaired) electrons. The molecule has 0 spiro atoms. The number of hydrogen-bond donors (Lipinski definition) is 0. The Bertz CT molecular complexity index is 713. The SMILES string of the molecule is CCN(CC)CC(C)(C)C(=O)/C=C/c1ccc(/C=C/C(=O)C(C)(C)CN(CC)CC)cc1. The molecule has 1 aromatic carbocycles. The molecule has 0 atom stereocenters. The Morgan fingerprint density at radius 1 is 0.656 bits per heavy atom. The second kappa shape index (κ2) is 12.9. The lowest BCUT2D eigenvalue weighted by Crippen LogP contribution is -2.38. The summed E-state index contributed by atoms with van der Waals surface area (Å²) in [5.74, 6) is 0.267. The normalized spacial score (nSPS) is 13.1. The Labute approximate surface area is 196 Å². The number of benzene rings is 1. The van der Waals surface area contributed by atoms with Gasteiger partial charge in [-0.1, -0.05) is 91.8 Å². The molecule has 0 aliphatic heterocycles. The summed E-state index contributed by atoms with van der Waals surface area (Å²) in [6, 6.07) is 7.91. The van der Waals surface area contributed by atoms with Crippen LogP contribution in [0.15, 0.2) is 36.4 Å². The molecule has 0 bridgehead atoms. The van der Waals surface area contributed by atoms with Gasteiger partial charge in [-0.3, -0.25) is 9.59 Å². The van der Waals surface area contributed by atoms with Crippen LogP contribution in [0.25, 0.3) is 12.2 Å². The third-order valence-electron chi connectivity index (χ3n) is 6.15. The maximum absolute atomic E-state index is 12.7. The predicted molar refractivity (Wildman–Crippen MR) is 138 cm³/mol. The van der Waals surface area contributed by atoms with Gasteiger partial charge >= 0.3 is 0 Å². The topological polar surface area (TPSA) is 40.6 Å². The number of nitrogens with zero attached hydrogens (tertiary/aromatic N) is 2. The summed E-state index contributed by atoms with van der Waals surface area (Å²) in [5.41, 5.74) is 1.12. The highest BCUT2D eigenvalue weighted by atomic mass is 16.1. The van der Waals surface area contributed by atoms with E-state index in [0.29, 0.717) is 0 Å². The molecule has 1 rings (SSSR count). The Morgan fingerprint density at radius 2 is 0.938 bits per heavy atom. The maximum atomic E-state index is 12.7. The van der Waals surface area contributed by atoms with Crippen LogP contribution >= 0.6 is 0 Å². The van der Waals surface area contributed by atoms with E-state index < -0.39 is 10.8 Å². The van der Waals surface area contributed by atoms with Crippen molar-refractivity contribution in [1.29, 1.82) is 0 Å². The molecule has 4 heteroatoms. The largest absolute Gasteiger partial charge is 0.303 e. The third-order valence-corrected chi connectivity index (χ3v) is 6.15.